The second-order valence-electron chi connectivity index (χ2n) is 2.69. The van der Waals surface area contributed by atoms with Crippen LogP contribution in [0.15, 0.2) is 0 Å². The summed E-state index contributed by atoms with van der Waals surface area (Å²) in [4.78, 5) is 0. The molecule has 0 aliphatic rings. The second-order valence-corrected chi connectivity index (χ2v) is 8.46. The fourth-order valence-corrected chi connectivity index (χ4v) is 6.05. The maximum Gasteiger partial charge on any atom is 0.925 e. The fraction of sp³-hybridized carbons (Fsp3) is 1.00. The van der Waals surface area contributed by atoms with Gasteiger partial charge in [-0.15, -0.1) is 0 Å². The molecule has 0 saturated heterocycles. The Morgan fingerprint density at radius 1 is 0.684 bits per heavy atom. The highest BCUT2D eigenvalue weighted by molar-refractivity contribution is 7.39. The first-order chi connectivity index (χ1) is 9.03. The smallest absolute Gasteiger partial charge is 0.387 e. The highest BCUT2D eigenvalue weighted by Crippen LogP contribution is 2.35. The summed E-state index contributed by atoms with van der Waals surface area (Å²) in [7, 11) is -8.56. The quantitative estimate of drug-likeness (QED) is 0.385. The van der Waals surface area contributed by atoms with Crippen LogP contribution in [0.4, 0.5) is 0 Å². The van der Waals surface area contributed by atoms with E-state index in [0.717, 1.165) is 0 Å². The van der Waals surface area contributed by atoms with E-state index >= 15 is 0 Å². The van der Waals surface area contributed by atoms with Gasteiger partial charge in [0, 0.05) is 0 Å². The predicted octanol–water partition coefficient (Wildman–Crippen LogP) is 2.30. The molecule has 0 fully saturated rings. The van der Waals surface area contributed by atoms with Crippen molar-refractivity contribution in [2.75, 3.05) is 19.8 Å². The molecular weight excluding hydrogens is 336 g/mol. The van der Waals surface area contributed by atoms with Crippen molar-refractivity contribution in [3.63, 3.8) is 0 Å². The molecule has 13 heteroatoms. The van der Waals surface area contributed by atoms with E-state index < -0.39 is 39.9 Å². The molecule has 0 aromatic carbocycles. The average Bonchev–Trinajstić information content (AvgIpc) is 2.29. The monoisotopic (exact) mass is 354 g/mol. The van der Waals surface area contributed by atoms with E-state index in [9.17, 15) is 13.7 Å². The van der Waals surface area contributed by atoms with Crippen LogP contribution in [0.1, 0.15) is 20.8 Å². The maximum absolute atomic E-state index is 11.3. The van der Waals surface area contributed by atoms with Crippen molar-refractivity contribution >= 4 is 39.9 Å². The third-order valence-electron chi connectivity index (χ3n) is 1.36. The van der Waals surface area contributed by atoms with E-state index in [1.165, 1.54) is 0 Å². The van der Waals surface area contributed by atoms with E-state index in [-0.39, 0.29) is 19.8 Å². The Hall–Kier alpha value is 0.982. The van der Waals surface area contributed by atoms with Crippen molar-refractivity contribution in [3.05, 3.63) is 0 Å². The Kier molecular flexibility index (Phi) is 13.4. The van der Waals surface area contributed by atoms with Gasteiger partial charge < -0.3 is 24.3 Å². The first kappa shape index (κ1) is 20.0. The van der Waals surface area contributed by atoms with E-state index in [1.807, 2.05) is 0 Å². The fourth-order valence-electron chi connectivity index (χ4n) is 0.763. The molecule has 0 heterocycles. The van der Waals surface area contributed by atoms with Crippen LogP contribution in [0.25, 0.3) is 0 Å². The van der Waals surface area contributed by atoms with Crippen molar-refractivity contribution < 1.29 is 38.0 Å². The molecule has 0 aromatic rings. The zero-order chi connectivity index (χ0) is 14.7. The zero-order valence-electron chi connectivity index (χ0n) is 10.9. The van der Waals surface area contributed by atoms with Crippen molar-refractivity contribution in [3.8, 4) is 0 Å². The minimum Gasteiger partial charge on any atom is -0.387 e. The molecule has 0 bridgehead atoms. The lowest BCUT2D eigenvalue weighted by atomic mass is 10.9. The largest absolute Gasteiger partial charge is 0.925 e. The van der Waals surface area contributed by atoms with Crippen molar-refractivity contribution in [2.24, 2.45) is 0 Å². The topological polar surface area (TPSA) is 107 Å². The molecule has 0 aliphatic heterocycles. The highest BCUT2D eigenvalue weighted by atomic mass is 31.1. The normalized spacial score (nSPS) is 15.9. The molecule has 0 N–H and O–H groups in total. The minimum atomic E-state index is -3.18. The lowest BCUT2D eigenvalue weighted by molar-refractivity contribution is 0.222. The van der Waals surface area contributed by atoms with E-state index in [1.54, 1.807) is 20.8 Å². The van der Waals surface area contributed by atoms with E-state index in [2.05, 4.69) is 0 Å². The summed E-state index contributed by atoms with van der Waals surface area (Å²) >= 11 is -3.18. The van der Waals surface area contributed by atoms with Gasteiger partial charge in [-0.2, -0.15) is 0 Å². The van der Waals surface area contributed by atoms with Gasteiger partial charge in [-0.05, 0) is 20.8 Å². The van der Waals surface area contributed by atoms with Crippen LogP contribution < -0.4 is 0 Å². The average molecular weight is 354 g/mol. The molecule has 0 rings (SSSR count). The van der Waals surface area contributed by atoms with E-state index in [4.69, 9.17) is 24.3 Å². The molecule has 0 spiro atoms. The van der Waals surface area contributed by atoms with Crippen LogP contribution in [0.3, 0.4) is 0 Å². The summed E-state index contributed by atoms with van der Waals surface area (Å²) in [5.74, 6) is 0. The summed E-state index contributed by atoms with van der Waals surface area (Å²) in [5, 5.41) is 0. The molecule has 19 heavy (non-hydrogen) atoms. The van der Waals surface area contributed by atoms with E-state index in [0.29, 0.717) is 0 Å². The van der Waals surface area contributed by atoms with Gasteiger partial charge in [0.1, 0.15) is 0 Å². The zero-order valence-corrected chi connectivity index (χ0v) is 15.0. The Morgan fingerprint density at radius 2 is 0.947 bits per heavy atom. The molecule has 114 valence electrons. The van der Waals surface area contributed by atoms with Gasteiger partial charge in [-0.1, -0.05) is 0 Å². The van der Waals surface area contributed by atoms with Crippen LogP contribution in [0.2, 0.25) is 0 Å². The lowest BCUT2D eigenvalue weighted by Gasteiger charge is -2.12. The van der Waals surface area contributed by atoms with Crippen molar-refractivity contribution in [2.45, 2.75) is 20.8 Å². The van der Waals surface area contributed by atoms with Crippen LogP contribution in [-0.4, -0.2) is 35.0 Å². The van der Waals surface area contributed by atoms with Gasteiger partial charge in [0.25, 0.3) is 24.8 Å². The van der Waals surface area contributed by atoms with Gasteiger partial charge in [0.05, 0.1) is 19.8 Å². The van der Waals surface area contributed by atoms with Gasteiger partial charge in [-0.25, -0.2) is 0 Å². The Balaban J connectivity index is 4.40. The summed E-state index contributed by atoms with van der Waals surface area (Å²) in [6.45, 7) is 5.36. The third kappa shape index (κ3) is 11.3. The van der Waals surface area contributed by atoms with Gasteiger partial charge in [-0.3, -0.25) is 13.7 Å². The molecule has 0 amide bonds. The highest BCUT2D eigenvalue weighted by Gasteiger charge is 2.38. The molecule has 3 unspecified atom stereocenters. The lowest BCUT2D eigenvalue weighted by Crippen LogP contribution is -2.19. The van der Waals surface area contributed by atoms with Crippen molar-refractivity contribution in [1.82, 2.24) is 0 Å². The molecule has 0 aromatic heterocycles. The van der Waals surface area contributed by atoms with Gasteiger partial charge >= 0.3 is 15.1 Å². The number of hydrogen-bond acceptors (Lipinski definition) is 9. The summed E-state index contributed by atoms with van der Waals surface area (Å²) in [6.07, 6.45) is 0. The molecule has 0 saturated carbocycles. The molecule has 0 radical (unpaired) electrons. The molecule has 0 aliphatic carbocycles. The van der Waals surface area contributed by atoms with Gasteiger partial charge in [0.2, 0.25) is 0 Å². The first-order valence-electron chi connectivity index (χ1n) is 5.53. The van der Waals surface area contributed by atoms with Crippen LogP contribution in [0, 0.1) is 0 Å². The predicted molar refractivity (Wildman–Crippen MR) is 70.9 cm³/mol. The second kappa shape index (κ2) is 12.7. The number of rotatable bonds is 12. The minimum absolute atomic E-state index is 0.167. The van der Waals surface area contributed by atoms with Gasteiger partial charge in [0.15, 0.2) is 0 Å². The maximum atomic E-state index is 11.3. The third-order valence-corrected chi connectivity index (χ3v) is 7.56. The SMILES string of the molecule is CCO[PH](=O)[O][Al]([O][PH](=O)OCC)[O][PH](=O)OCC. The Labute approximate surface area is 119 Å². The molecular formula is C6H18AlO9P3. The summed E-state index contributed by atoms with van der Waals surface area (Å²) in [6, 6.07) is 0. The first-order valence-corrected chi connectivity index (χ1v) is 10.6. The van der Waals surface area contributed by atoms with Crippen LogP contribution in [0.5, 0.6) is 0 Å². The number of hydrogen-bond donors (Lipinski definition) is 0. The Bertz CT molecular complexity index is 267. The van der Waals surface area contributed by atoms with Crippen molar-refractivity contribution in [1.29, 1.82) is 0 Å². The summed E-state index contributed by atoms with van der Waals surface area (Å²) in [5.41, 5.74) is 0. The summed E-state index contributed by atoms with van der Waals surface area (Å²) < 4.78 is 62.4. The molecule has 3 atom stereocenters. The van der Waals surface area contributed by atoms with Crippen LogP contribution >= 0.6 is 24.8 Å². The standard InChI is InChI=1S/3C2H7O3P.Al/c3*1-2-5-6(3)4;/h3*6H,2H2,1H3,(H,3,4);/q;;;+3/p-3. The molecule has 9 nitrogen and oxygen atoms in total. The van der Waals surface area contributed by atoms with Crippen LogP contribution in [-0.2, 0) is 38.0 Å². The Morgan fingerprint density at radius 3 is 1.16 bits per heavy atom.